The van der Waals surface area contributed by atoms with Crippen LogP contribution in [0.4, 0.5) is 0 Å². The monoisotopic (exact) mass is 276 g/mol. The molecule has 0 aromatic heterocycles. The fourth-order valence-electron chi connectivity index (χ4n) is 3.60. The molecule has 1 fully saturated rings. The number of rotatable bonds is 5. The fraction of sp³-hybridized carbons (Fsp3) is 0.625. The third-order valence-corrected chi connectivity index (χ3v) is 5.05. The van der Waals surface area contributed by atoms with E-state index in [1.807, 2.05) is 6.07 Å². The molecule has 1 aromatic carbocycles. The Morgan fingerprint density at radius 2 is 2.25 bits per heavy atom. The molecule has 1 saturated carbocycles. The summed E-state index contributed by atoms with van der Waals surface area (Å²) in [4.78, 5) is 0. The number of nitrogens with one attached hydrogen (secondary N) is 1. The molecule has 4 heteroatoms. The lowest BCUT2D eigenvalue weighted by atomic mass is 9.71. The van der Waals surface area contributed by atoms with Gasteiger partial charge in [0, 0.05) is 7.11 Å². The van der Waals surface area contributed by atoms with Gasteiger partial charge < -0.3 is 9.47 Å². The first-order valence-corrected chi connectivity index (χ1v) is 7.52. The number of hydrazine groups is 1. The average molecular weight is 276 g/mol. The number of benzene rings is 1. The largest absolute Gasteiger partial charge is 0.493 e. The van der Waals surface area contributed by atoms with E-state index in [2.05, 4.69) is 23.6 Å². The van der Waals surface area contributed by atoms with E-state index in [0.717, 1.165) is 38.0 Å². The summed E-state index contributed by atoms with van der Waals surface area (Å²) < 4.78 is 11.5. The first kappa shape index (κ1) is 13.9. The quantitative estimate of drug-likeness (QED) is 0.640. The van der Waals surface area contributed by atoms with Crippen LogP contribution >= 0.6 is 0 Å². The zero-order chi connectivity index (χ0) is 14.0. The maximum Gasteiger partial charge on any atom is 0.122 e. The first-order chi connectivity index (χ1) is 9.79. The van der Waals surface area contributed by atoms with Crippen molar-refractivity contribution in [3.63, 3.8) is 0 Å². The summed E-state index contributed by atoms with van der Waals surface area (Å²) in [5.74, 6) is 7.34. The Hall–Kier alpha value is -1.10. The number of fused-ring (bicyclic) bond motifs is 1. The highest BCUT2D eigenvalue weighted by molar-refractivity contribution is 5.38. The van der Waals surface area contributed by atoms with Gasteiger partial charge in [0.25, 0.3) is 0 Å². The SMILES string of the molecule is COC1(C(CC2CCOc3ccccc32)NN)CCC1. The maximum absolute atomic E-state index is 5.82. The Morgan fingerprint density at radius 1 is 1.45 bits per heavy atom. The van der Waals surface area contributed by atoms with Crippen LogP contribution in [0, 0.1) is 0 Å². The van der Waals surface area contributed by atoms with Gasteiger partial charge in [-0.25, -0.2) is 0 Å². The molecule has 0 spiro atoms. The molecule has 0 radical (unpaired) electrons. The number of hydrogen-bond donors (Lipinski definition) is 2. The lowest BCUT2D eigenvalue weighted by Gasteiger charge is -2.47. The van der Waals surface area contributed by atoms with Gasteiger partial charge in [0.15, 0.2) is 0 Å². The molecule has 1 aliphatic carbocycles. The number of hydrogen-bond acceptors (Lipinski definition) is 4. The molecule has 1 aromatic rings. The summed E-state index contributed by atoms with van der Waals surface area (Å²) in [6, 6.07) is 8.55. The van der Waals surface area contributed by atoms with Crippen molar-refractivity contribution in [2.45, 2.75) is 49.7 Å². The molecule has 1 heterocycles. The van der Waals surface area contributed by atoms with Crippen LogP contribution in [0.5, 0.6) is 5.75 Å². The second-order valence-corrected chi connectivity index (χ2v) is 5.95. The summed E-state index contributed by atoms with van der Waals surface area (Å²) >= 11 is 0. The standard InChI is InChI=1S/C16H24N2O2/c1-19-16(8-4-9-16)15(18-17)11-12-7-10-20-14-6-3-2-5-13(12)14/h2-3,5-6,12,15,18H,4,7-11,17H2,1H3. The van der Waals surface area contributed by atoms with E-state index in [1.165, 1.54) is 12.0 Å². The minimum absolute atomic E-state index is 0.0675. The Labute approximate surface area is 120 Å². The molecule has 3 rings (SSSR count). The number of para-hydroxylation sites is 1. The minimum atomic E-state index is -0.0675. The van der Waals surface area contributed by atoms with Gasteiger partial charge in [0.1, 0.15) is 5.75 Å². The van der Waals surface area contributed by atoms with E-state index in [-0.39, 0.29) is 11.6 Å². The van der Waals surface area contributed by atoms with Crippen LogP contribution in [-0.2, 0) is 4.74 Å². The van der Waals surface area contributed by atoms with Crippen LogP contribution in [0.1, 0.15) is 43.6 Å². The van der Waals surface area contributed by atoms with Crippen LogP contribution < -0.4 is 16.0 Å². The van der Waals surface area contributed by atoms with Gasteiger partial charge in [0.05, 0.1) is 18.2 Å². The van der Waals surface area contributed by atoms with Crippen LogP contribution in [0.3, 0.4) is 0 Å². The van der Waals surface area contributed by atoms with Crippen molar-refractivity contribution in [3.8, 4) is 5.75 Å². The second kappa shape index (κ2) is 5.72. The zero-order valence-corrected chi connectivity index (χ0v) is 12.1. The molecular formula is C16H24N2O2. The molecule has 0 amide bonds. The highest BCUT2D eigenvalue weighted by Gasteiger charge is 2.45. The second-order valence-electron chi connectivity index (χ2n) is 5.95. The fourth-order valence-corrected chi connectivity index (χ4v) is 3.60. The van der Waals surface area contributed by atoms with Crippen molar-refractivity contribution in [3.05, 3.63) is 29.8 Å². The van der Waals surface area contributed by atoms with Crippen LogP contribution in [0.25, 0.3) is 0 Å². The molecular weight excluding hydrogens is 252 g/mol. The van der Waals surface area contributed by atoms with Crippen molar-refractivity contribution < 1.29 is 9.47 Å². The molecule has 2 atom stereocenters. The smallest absolute Gasteiger partial charge is 0.122 e. The molecule has 0 saturated heterocycles. The topological polar surface area (TPSA) is 56.5 Å². The predicted molar refractivity (Wildman–Crippen MR) is 78.6 cm³/mol. The van der Waals surface area contributed by atoms with Crippen LogP contribution in [0.2, 0.25) is 0 Å². The summed E-state index contributed by atoms with van der Waals surface area (Å²) in [6.07, 6.45) is 5.49. The molecule has 1 aliphatic heterocycles. The molecule has 2 aliphatic rings. The summed E-state index contributed by atoms with van der Waals surface area (Å²) in [6.45, 7) is 0.791. The number of nitrogens with two attached hydrogens (primary N) is 1. The molecule has 110 valence electrons. The van der Waals surface area contributed by atoms with Gasteiger partial charge in [0.2, 0.25) is 0 Å². The third-order valence-electron chi connectivity index (χ3n) is 5.05. The predicted octanol–water partition coefficient (Wildman–Crippen LogP) is 2.34. The zero-order valence-electron chi connectivity index (χ0n) is 12.1. The normalized spacial score (nSPS) is 25.2. The van der Waals surface area contributed by atoms with E-state index in [0.29, 0.717) is 5.92 Å². The van der Waals surface area contributed by atoms with Crippen molar-refractivity contribution in [2.24, 2.45) is 5.84 Å². The van der Waals surface area contributed by atoms with E-state index < -0.39 is 0 Å². The molecule has 3 N–H and O–H groups in total. The van der Waals surface area contributed by atoms with Crippen molar-refractivity contribution in [1.29, 1.82) is 0 Å². The van der Waals surface area contributed by atoms with Gasteiger partial charge in [-0.2, -0.15) is 0 Å². The van der Waals surface area contributed by atoms with Crippen molar-refractivity contribution in [1.82, 2.24) is 5.43 Å². The maximum atomic E-state index is 5.82. The highest BCUT2D eigenvalue weighted by atomic mass is 16.5. The summed E-state index contributed by atoms with van der Waals surface area (Å²) in [5.41, 5.74) is 4.25. The first-order valence-electron chi connectivity index (χ1n) is 7.52. The van der Waals surface area contributed by atoms with E-state index in [4.69, 9.17) is 15.3 Å². The van der Waals surface area contributed by atoms with Gasteiger partial charge in [-0.05, 0) is 49.7 Å². The van der Waals surface area contributed by atoms with Crippen LogP contribution in [-0.4, -0.2) is 25.4 Å². The van der Waals surface area contributed by atoms with Gasteiger partial charge in [-0.1, -0.05) is 18.2 Å². The lowest BCUT2D eigenvalue weighted by Crippen LogP contribution is -2.58. The minimum Gasteiger partial charge on any atom is -0.493 e. The van der Waals surface area contributed by atoms with Crippen molar-refractivity contribution >= 4 is 0 Å². The summed E-state index contributed by atoms with van der Waals surface area (Å²) in [5, 5.41) is 0. The molecule has 20 heavy (non-hydrogen) atoms. The van der Waals surface area contributed by atoms with E-state index >= 15 is 0 Å². The molecule has 2 unspecified atom stereocenters. The Bertz CT molecular complexity index is 454. The average Bonchev–Trinajstić information content (AvgIpc) is 2.45. The lowest BCUT2D eigenvalue weighted by molar-refractivity contribution is -0.102. The van der Waals surface area contributed by atoms with E-state index in [1.54, 1.807) is 7.11 Å². The van der Waals surface area contributed by atoms with Gasteiger partial charge in [-0.15, -0.1) is 0 Å². The number of methoxy groups -OCH3 is 1. The third kappa shape index (κ3) is 2.32. The van der Waals surface area contributed by atoms with Gasteiger partial charge in [-0.3, -0.25) is 11.3 Å². The van der Waals surface area contributed by atoms with E-state index in [9.17, 15) is 0 Å². The Balaban J connectivity index is 1.77. The van der Waals surface area contributed by atoms with Crippen molar-refractivity contribution in [2.75, 3.05) is 13.7 Å². The van der Waals surface area contributed by atoms with Gasteiger partial charge >= 0.3 is 0 Å². The Morgan fingerprint density at radius 3 is 2.90 bits per heavy atom. The Kier molecular flexibility index (Phi) is 3.96. The highest BCUT2D eigenvalue weighted by Crippen LogP contribution is 2.43. The summed E-state index contributed by atoms with van der Waals surface area (Å²) in [7, 11) is 1.81. The number of ether oxygens (including phenoxy) is 2. The molecule has 4 nitrogen and oxygen atoms in total. The molecule has 0 bridgehead atoms. The van der Waals surface area contributed by atoms with Crippen LogP contribution in [0.15, 0.2) is 24.3 Å².